The van der Waals surface area contributed by atoms with Crippen molar-refractivity contribution in [3.8, 4) is 5.75 Å². The van der Waals surface area contributed by atoms with Gasteiger partial charge in [0.2, 0.25) is 5.78 Å². The van der Waals surface area contributed by atoms with Crippen LogP contribution in [0.4, 0.5) is 0 Å². The van der Waals surface area contributed by atoms with Crippen molar-refractivity contribution < 1.29 is 9.53 Å². The Morgan fingerprint density at radius 1 is 1.47 bits per heavy atom. The molecule has 2 rings (SSSR count). The Kier molecular flexibility index (Phi) is 3.90. The average molecular weight is 279 g/mol. The van der Waals surface area contributed by atoms with Crippen molar-refractivity contribution in [1.82, 2.24) is 9.78 Å². The molecule has 0 amide bonds. The number of hydrogen-bond acceptors (Lipinski definition) is 3. The maximum atomic E-state index is 12.6. The minimum Gasteiger partial charge on any atom is -0.493 e. The first-order chi connectivity index (χ1) is 9.10. The molecule has 1 aromatic heterocycles. The van der Waals surface area contributed by atoms with Crippen LogP contribution in [0.2, 0.25) is 5.02 Å². The Morgan fingerprint density at radius 3 is 2.84 bits per heavy atom. The highest BCUT2D eigenvalue weighted by atomic mass is 35.5. The zero-order chi connectivity index (χ0) is 14.0. The van der Waals surface area contributed by atoms with Crippen LogP contribution in [0.1, 0.15) is 28.5 Å². The van der Waals surface area contributed by atoms with Crippen LogP contribution in [-0.4, -0.2) is 22.7 Å². The number of carbonyl (C=O) groups excluding carboxylic acids is 1. The lowest BCUT2D eigenvalue weighted by molar-refractivity contribution is 0.102. The molecule has 0 N–H and O–H groups in total. The average Bonchev–Trinajstić information content (AvgIpc) is 2.84. The van der Waals surface area contributed by atoms with Crippen molar-refractivity contribution in [1.29, 1.82) is 0 Å². The number of aromatic nitrogens is 2. The number of carbonyl (C=O) groups is 1. The van der Waals surface area contributed by atoms with Gasteiger partial charge in [-0.3, -0.25) is 9.48 Å². The third-order valence-corrected chi connectivity index (χ3v) is 3.46. The third kappa shape index (κ3) is 2.36. The van der Waals surface area contributed by atoms with E-state index < -0.39 is 0 Å². The zero-order valence-corrected chi connectivity index (χ0v) is 11.9. The Morgan fingerprint density at radius 2 is 2.21 bits per heavy atom. The van der Waals surface area contributed by atoms with Crippen LogP contribution in [0.15, 0.2) is 24.4 Å². The molecule has 0 spiro atoms. The van der Waals surface area contributed by atoms with E-state index in [1.165, 1.54) is 7.11 Å². The molecule has 19 heavy (non-hydrogen) atoms. The lowest BCUT2D eigenvalue weighted by atomic mass is 10.0. The first-order valence-corrected chi connectivity index (χ1v) is 6.37. The Hall–Kier alpha value is -1.81. The predicted octanol–water partition coefficient (Wildman–Crippen LogP) is 3.10. The largest absolute Gasteiger partial charge is 0.493 e. The molecule has 1 heterocycles. The van der Waals surface area contributed by atoms with E-state index in [0.717, 1.165) is 5.56 Å². The summed E-state index contributed by atoms with van der Waals surface area (Å²) in [7, 11) is 1.53. The van der Waals surface area contributed by atoms with E-state index in [1.807, 2.05) is 13.8 Å². The minimum atomic E-state index is -0.129. The molecule has 0 saturated carbocycles. The number of rotatable bonds is 4. The number of nitrogens with zero attached hydrogens (tertiary/aromatic N) is 2. The number of benzene rings is 1. The van der Waals surface area contributed by atoms with Crippen LogP contribution in [-0.2, 0) is 6.54 Å². The quantitative estimate of drug-likeness (QED) is 0.807. The van der Waals surface area contributed by atoms with Gasteiger partial charge in [-0.05, 0) is 25.5 Å². The van der Waals surface area contributed by atoms with Gasteiger partial charge in [0.05, 0.1) is 13.3 Å². The zero-order valence-electron chi connectivity index (χ0n) is 11.1. The molecule has 0 bridgehead atoms. The van der Waals surface area contributed by atoms with Crippen LogP contribution < -0.4 is 4.74 Å². The summed E-state index contributed by atoms with van der Waals surface area (Å²) in [5.74, 6) is 0.349. The van der Waals surface area contributed by atoms with Gasteiger partial charge in [-0.25, -0.2) is 0 Å². The fourth-order valence-electron chi connectivity index (χ4n) is 1.97. The van der Waals surface area contributed by atoms with Gasteiger partial charge in [-0.2, -0.15) is 5.10 Å². The summed E-state index contributed by atoms with van der Waals surface area (Å²) in [4.78, 5) is 12.6. The molecule has 0 unspecified atom stereocenters. The fourth-order valence-corrected chi connectivity index (χ4v) is 2.14. The SMILES string of the molecule is CCn1ncc(OC)c1C(=O)c1cccc(Cl)c1C. The predicted molar refractivity (Wildman–Crippen MR) is 74.1 cm³/mol. The van der Waals surface area contributed by atoms with Gasteiger partial charge in [0.25, 0.3) is 0 Å². The molecular formula is C14H15ClN2O2. The lowest BCUT2D eigenvalue weighted by Crippen LogP contribution is -2.13. The summed E-state index contributed by atoms with van der Waals surface area (Å²) >= 11 is 6.06. The molecular weight excluding hydrogens is 264 g/mol. The fraction of sp³-hybridized carbons (Fsp3) is 0.286. The second kappa shape index (κ2) is 5.45. The van der Waals surface area contributed by atoms with Gasteiger partial charge in [0.15, 0.2) is 11.4 Å². The van der Waals surface area contributed by atoms with Crippen molar-refractivity contribution in [2.75, 3.05) is 7.11 Å². The van der Waals surface area contributed by atoms with Crippen molar-refractivity contribution in [3.05, 3.63) is 46.2 Å². The molecule has 0 radical (unpaired) electrons. The second-order valence-electron chi connectivity index (χ2n) is 4.12. The summed E-state index contributed by atoms with van der Waals surface area (Å²) in [6.45, 7) is 4.35. The van der Waals surface area contributed by atoms with Gasteiger partial charge < -0.3 is 4.74 Å². The number of aryl methyl sites for hydroxylation is 1. The monoisotopic (exact) mass is 278 g/mol. The Bertz CT molecular complexity index is 598. The van der Waals surface area contributed by atoms with E-state index >= 15 is 0 Å². The number of halogens is 1. The standard InChI is InChI=1S/C14H15ClN2O2/c1-4-17-13(12(19-3)8-16-17)14(18)10-6-5-7-11(15)9(10)2/h5-8H,4H2,1-3H3. The minimum absolute atomic E-state index is 0.129. The number of ether oxygens (including phenoxy) is 1. The second-order valence-corrected chi connectivity index (χ2v) is 4.53. The third-order valence-electron chi connectivity index (χ3n) is 3.05. The number of ketones is 1. The first-order valence-electron chi connectivity index (χ1n) is 5.99. The summed E-state index contributed by atoms with van der Waals surface area (Å²) in [5, 5.41) is 4.72. The lowest BCUT2D eigenvalue weighted by Gasteiger charge is -2.09. The Balaban J connectivity index is 2.55. The summed E-state index contributed by atoms with van der Waals surface area (Å²) < 4.78 is 6.83. The summed E-state index contributed by atoms with van der Waals surface area (Å²) in [5.41, 5.74) is 1.79. The summed E-state index contributed by atoms with van der Waals surface area (Å²) in [6, 6.07) is 5.29. The number of methoxy groups -OCH3 is 1. The molecule has 0 aliphatic carbocycles. The molecule has 0 aliphatic rings. The van der Waals surface area contributed by atoms with Crippen LogP contribution >= 0.6 is 11.6 Å². The van der Waals surface area contributed by atoms with Crippen LogP contribution in [0, 0.1) is 6.92 Å². The van der Waals surface area contributed by atoms with E-state index in [1.54, 1.807) is 29.1 Å². The molecule has 0 fully saturated rings. The van der Waals surface area contributed by atoms with Gasteiger partial charge >= 0.3 is 0 Å². The molecule has 5 heteroatoms. The highest BCUT2D eigenvalue weighted by Gasteiger charge is 2.22. The maximum Gasteiger partial charge on any atom is 0.215 e. The van der Waals surface area contributed by atoms with Gasteiger partial charge in [0.1, 0.15) is 0 Å². The molecule has 2 aromatic rings. The van der Waals surface area contributed by atoms with Gasteiger partial charge in [0, 0.05) is 17.1 Å². The molecule has 100 valence electrons. The van der Waals surface area contributed by atoms with Crippen LogP contribution in [0.5, 0.6) is 5.75 Å². The molecule has 1 aromatic carbocycles. The van der Waals surface area contributed by atoms with E-state index in [9.17, 15) is 4.79 Å². The van der Waals surface area contributed by atoms with Gasteiger partial charge in [-0.1, -0.05) is 23.7 Å². The van der Waals surface area contributed by atoms with E-state index in [2.05, 4.69) is 5.10 Å². The highest BCUT2D eigenvalue weighted by molar-refractivity contribution is 6.32. The topological polar surface area (TPSA) is 44.1 Å². The molecule has 0 atom stereocenters. The number of hydrogen-bond donors (Lipinski definition) is 0. The highest BCUT2D eigenvalue weighted by Crippen LogP contribution is 2.25. The van der Waals surface area contributed by atoms with Gasteiger partial charge in [-0.15, -0.1) is 0 Å². The van der Waals surface area contributed by atoms with E-state index in [-0.39, 0.29) is 5.78 Å². The van der Waals surface area contributed by atoms with Crippen molar-refractivity contribution in [3.63, 3.8) is 0 Å². The van der Waals surface area contributed by atoms with E-state index in [4.69, 9.17) is 16.3 Å². The van der Waals surface area contributed by atoms with Crippen molar-refractivity contribution in [2.24, 2.45) is 0 Å². The summed E-state index contributed by atoms with van der Waals surface area (Å²) in [6.07, 6.45) is 1.55. The van der Waals surface area contributed by atoms with Crippen molar-refractivity contribution in [2.45, 2.75) is 20.4 Å². The van der Waals surface area contributed by atoms with Crippen LogP contribution in [0.3, 0.4) is 0 Å². The molecule has 0 saturated heterocycles. The Labute approximate surface area is 116 Å². The van der Waals surface area contributed by atoms with Crippen molar-refractivity contribution >= 4 is 17.4 Å². The van der Waals surface area contributed by atoms with E-state index in [0.29, 0.717) is 28.6 Å². The van der Waals surface area contributed by atoms with Crippen LogP contribution in [0.25, 0.3) is 0 Å². The molecule has 0 aliphatic heterocycles. The smallest absolute Gasteiger partial charge is 0.215 e. The molecule has 4 nitrogen and oxygen atoms in total. The normalized spacial score (nSPS) is 10.5. The first kappa shape index (κ1) is 13.6. The maximum absolute atomic E-state index is 12.6.